The Morgan fingerprint density at radius 1 is 0.500 bits per heavy atom. The summed E-state index contributed by atoms with van der Waals surface area (Å²) in [6.45, 7) is 6.77. The highest BCUT2D eigenvalue weighted by Crippen LogP contribution is 2.41. The fourth-order valence-electron chi connectivity index (χ4n) is 9.24. The van der Waals surface area contributed by atoms with E-state index in [4.69, 9.17) is 46.9 Å². The number of carbonyl (C=O) groups excluding carboxylic acids is 3. The molecule has 0 spiro atoms. The number of esters is 1. The van der Waals surface area contributed by atoms with Crippen LogP contribution in [0.2, 0.25) is 0 Å². The van der Waals surface area contributed by atoms with Crippen LogP contribution in [0.15, 0.2) is 212 Å². The number of halogens is 2. The number of rotatable bonds is 24. The molecule has 0 radical (unpaired) electrons. The molecule has 84 heavy (non-hydrogen) atoms. The lowest BCUT2D eigenvalue weighted by Crippen LogP contribution is -2.31. The normalized spacial score (nSPS) is 12.2. The number of phenolic OH excluding ortho intramolecular Hbond substituents is 1. The monoisotopic (exact) mass is 1160 g/mol. The average molecular weight is 1170 g/mol. The van der Waals surface area contributed by atoms with Crippen LogP contribution in [0.1, 0.15) is 89.1 Å². The fourth-order valence-corrected chi connectivity index (χ4v) is 9.72. The summed E-state index contributed by atoms with van der Waals surface area (Å²) in [6.07, 6.45) is 0.107. The molecule has 0 fully saturated rings. The maximum absolute atomic E-state index is 13.4. The maximum Gasteiger partial charge on any atom is 0.409 e. The second-order valence-corrected chi connectivity index (χ2v) is 22.1. The molecule has 11 nitrogen and oxygen atoms in total. The standard InChI is InChI=1S/C71H70Cl2N2O9/c1-71(2,3)68(77)84-62-38-30-56(31-39-62)66(63(40-41-72)52-19-11-7-12-20-52)55-26-34-60(35-27-55)80-45-43-75(5)70(79)83-49-51-18-15-23-58(46-51)65(73)47-64(53-21-13-8-14-22-53)67(54-24-32-59(76)33-25-54)57-28-36-61(37-29-57)81-44-42-74(4)69(78)82-48-50-16-9-6-10-17-50/h6-39,46,65,76H,40-45,47-49H2,1-5H3. The third kappa shape index (κ3) is 17.4. The molecule has 0 heterocycles. The van der Waals surface area contributed by atoms with Crippen molar-refractivity contribution in [2.45, 2.75) is 52.2 Å². The van der Waals surface area contributed by atoms with Crippen molar-refractivity contribution in [3.63, 3.8) is 0 Å². The van der Waals surface area contributed by atoms with Crippen molar-refractivity contribution in [2.24, 2.45) is 5.41 Å². The summed E-state index contributed by atoms with van der Waals surface area (Å²) in [5, 5.41) is 9.85. The first kappa shape index (κ1) is 61.3. The molecule has 1 atom stereocenters. The van der Waals surface area contributed by atoms with Crippen LogP contribution in [-0.4, -0.2) is 79.3 Å². The van der Waals surface area contributed by atoms with Crippen LogP contribution < -0.4 is 14.2 Å². The number of benzene rings is 8. The molecule has 432 valence electrons. The van der Waals surface area contributed by atoms with E-state index in [0.29, 0.717) is 42.5 Å². The van der Waals surface area contributed by atoms with E-state index in [1.165, 1.54) is 9.80 Å². The summed E-state index contributed by atoms with van der Waals surface area (Å²) < 4.78 is 29.2. The van der Waals surface area contributed by atoms with E-state index < -0.39 is 23.0 Å². The Kier molecular flexibility index (Phi) is 21.9. The van der Waals surface area contributed by atoms with Gasteiger partial charge in [0.1, 0.15) is 49.4 Å². The minimum atomic E-state index is -0.641. The zero-order valence-corrected chi connectivity index (χ0v) is 49.5. The zero-order chi connectivity index (χ0) is 59.4. The van der Waals surface area contributed by atoms with E-state index in [1.807, 2.05) is 197 Å². The van der Waals surface area contributed by atoms with Gasteiger partial charge in [-0.2, -0.15) is 0 Å². The number of carbonyl (C=O) groups is 3. The highest BCUT2D eigenvalue weighted by Gasteiger charge is 2.25. The number of hydrogen-bond donors (Lipinski definition) is 1. The first-order chi connectivity index (χ1) is 40.6. The van der Waals surface area contributed by atoms with Gasteiger partial charge in [-0.15, -0.1) is 23.2 Å². The third-order valence-electron chi connectivity index (χ3n) is 13.9. The molecule has 1 N–H and O–H groups in total. The van der Waals surface area contributed by atoms with E-state index >= 15 is 0 Å². The quantitative estimate of drug-likeness (QED) is 0.0273. The first-order valence-corrected chi connectivity index (χ1v) is 28.8. The lowest BCUT2D eigenvalue weighted by atomic mass is 9.86. The minimum Gasteiger partial charge on any atom is -0.508 e. The number of ether oxygens (including phenoxy) is 5. The van der Waals surface area contributed by atoms with Gasteiger partial charge in [0.25, 0.3) is 0 Å². The fraction of sp³-hybridized carbons (Fsp3) is 0.225. The molecule has 13 heteroatoms. The molecule has 2 amide bonds. The number of aromatic hydroxyl groups is 1. The number of amides is 2. The van der Waals surface area contributed by atoms with Crippen LogP contribution in [0.25, 0.3) is 22.3 Å². The molecule has 8 aromatic rings. The highest BCUT2D eigenvalue weighted by atomic mass is 35.5. The van der Waals surface area contributed by atoms with Crippen LogP contribution in [-0.2, 0) is 27.5 Å². The van der Waals surface area contributed by atoms with Crippen molar-refractivity contribution in [1.29, 1.82) is 0 Å². The van der Waals surface area contributed by atoms with E-state index in [2.05, 4.69) is 24.3 Å². The van der Waals surface area contributed by atoms with E-state index in [-0.39, 0.29) is 44.7 Å². The molecule has 1 unspecified atom stereocenters. The van der Waals surface area contributed by atoms with Gasteiger partial charge in [-0.3, -0.25) is 4.79 Å². The number of likely N-dealkylation sites (N-methyl/N-ethyl adjacent to an activating group) is 2. The van der Waals surface area contributed by atoms with Crippen molar-refractivity contribution in [3.05, 3.63) is 262 Å². The minimum absolute atomic E-state index is 0.0292. The lowest BCUT2D eigenvalue weighted by molar-refractivity contribution is -0.143. The number of alkyl halides is 2. The summed E-state index contributed by atoms with van der Waals surface area (Å²) in [4.78, 5) is 41.6. The van der Waals surface area contributed by atoms with Gasteiger partial charge < -0.3 is 38.6 Å². The van der Waals surface area contributed by atoms with Gasteiger partial charge in [-0.05, 0) is 155 Å². The molecular weight excluding hydrogens is 1100 g/mol. The lowest BCUT2D eigenvalue weighted by Gasteiger charge is -2.21. The van der Waals surface area contributed by atoms with Crippen molar-refractivity contribution < 1.29 is 43.2 Å². The van der Waals surface area contributed by atoms with Crippen LogP contribution in [0.3, 0.4) is 0 Å². The largest absolute Gasteiger partial charge is 0.508 e. The van der Waals surface area contributed by atoms with Gasteiger partial charge in [0.2, 0.25) is 0 Å². The molecule has 8 aromatic carbocycles. The second kappa shape index (κ2) is 30.0. The Morgan fingerprint density at radius 3 is 1.39 bits per heavy atom. The van der Waals surface area contributed by atoms with Gasteiger partial charge in [-0.1, -0.05) is 164 Å². The van der Waals surface area contributed by atoms with Gasteiger partial charge in [-0.25, -0.2) is 9.59 Å². The molecule has 0 saturated carbocycles. The van der Waals surface area contributed by atoms with Crippen molar-refractivity contribution in [2.75, 3.05) is 46.3 Å². The van der Waals surface area contributed by atoms with Crippen molar-refractivity contribution >= 4 is 63.7 Å². The number of phenols is 1. The number of nitrogens with zero attached hydrogens (tertiary/aromatic N) is 2. The molecule has 0 aromatic heterocycles. The third-order valence-corrected chi connectivity index (χ3v) is 14.5. The molecule has 0 bridgehead atoms. The van der Waals surface area contributed by atoms with E-state index in [0.717, 1.165) is 72.4 Å². The van der Waals surface area contributed by atoms with Gasteiger partial charge in [0, 0.05) is 20.0 Å². The maximum atomic E-state index is 13.4. The molecule has 0 aliphatic heterocycles. The average Bonchev–Trinajstić information content (AvgIpc) is 3.07. The Bertz CT molecular complexity index is 3480. The summed E-state index contributed by atoms with van der Waals surface area (Å²) in [6, 6.07) is 67.8. The Balaban J connectivity index is 0.899. The molecular formula is C71H70Cl2N2O9. The van der Waals surface area contributed by atoms with Gasteiger partial charge in [0.15, 0.2) is 0 Å². The molecule has 8 rings (SSSR count). The van der Waals surface area contributed by atoms with E-state index in [9.17, 15) is 19.5 Å². The molecule has 0 saturated heterocycles. The Morgan fingerprint density at radius 2 is 0.917 bits per heavy atom. The summed E-state index contributed by atoms with van der Waals surface area (Å²) >= 11 is 13.9. The second-order valence-electron chi connectivity index (χ2n) is 21.2. The molecule has 0 aliphatic carbocycles. The van der Waals surface area contributed by atoms with Gasteiger partial charge in [0.05, 0.1) is 23.9 Å². The predicted molar refractivity (Wildman–Crippen MR) is 335 cm³/mol. The SMILES string of the molecule is CN(CCOc1ccc(C(=C(CC(Cl)c2cccc(COC(=O)N(C)CCOc3ccc(C(=C(CCCl)c4ccccc4)c4ccc(OC(=O)C(C)(C)C)cc4)cc3)c2)c2ccccc2)c2ccc(O)cc2)cc1)C(=O)OCc1ccccc1. The van der Waals surface area contributed by atoms with Crippen molar-refractivity contribution in [3.8, 4) is 23.0 Å². The number of allylic oxidation sites excluding steroid dienone is 2. The summed E-state index contributed by atoms with van der Waals surface area (Å²) in [5.74, 6) is 1.99. The summed E-state index contributed by atoms with van der Waals surface area (Å²) in [7, 11) is 3.35. The van der Waals surface area contributed by atoms with Crippen LogP contribution in [0, 0.1) is 5.41 Å². The van der Waals surface area contributed by atoms with Crippen molar-refractivity contribution in [1.82, 2.24) is 9.80 Å². The van der Waals surface area contributed by atoms with Crippen LogP contribution >= 0.6 is 23.2 Å². The van der Waals surface area contributed by atoms with Crippen LogP contribution in [0.5, 0.6) is 23.0 Å². The summed E-state index contributed by atoms with van der Waals surface area (Å²) in [5.41, 5.74) is 11.6. The van der Waals surface area contributed by atoms with Crippen LogP contribution in [0.4, 0.5) is 9.59 Å². The molecule has 0 aliphatic rings. The zero-order valence-electron chi connectivity index (χ0n) is 48.0. The highest BCUT2D eigenvalue weighted by molar-refractivity contribution is 6.22. The first-order valence-electron chi connectivity index (χ1n) is 27.9. The van der Waals surface area contributed by atoms with Gasteiger partial charge >= 0.3 is 18.2 Å². The van der Waals surface area contributed by atoms with E-state index in [1.54, 1.807) is 26.2 Å². The Hall–Kier alpha value is -8.77. The topological polar surface area (TPSA) is 124 Å². The Labute approximate surface area is 503 Å². The predicted octanol–water partition coefficient (Wildman–Crippen LogP) is 16.6. The smallest absolute Gasteiger partial charge is 0.409 e. The number of hydrogen-bond acceptors (Lipinski definition) is 9.